The average Bonchev–Trinajstić information content (AvgIpc) is 2.53. The predicted molar refractivity (Wildman–Crippen MR) is 89.1 cm³/mol. The number of carbonyl (C=O) groups excluding carboxylic acids is 2. The lowest BCUT2D eigenvalue weighted by Crippen LogP contribution is -2.45. The van der Waals surface area contributed by atoms with Crippen LogP contribution in [-0.2, 0) is 0 Å². The van der Waals surface area contributed by atoms with E-state index in [9.17, 15) is 9.59 Å². The highest BCUT2D eigenvalue weighted by Crippen LogP contribution is 2.26. The number of rotatable bonds is 5. The summed E-state index contributed by atoms with van der Waals surface area (Å²) in [5.41, 5.74) is 11.9. The molecule has 1 atom stereocenters. The summed E-state index contributed by atoms with van der Waals surface area (Å²) in [5, 5.41) is 3.02. The van der Waals surface area contributed by atoms with Crippen LogP contribution < -0.4 is 16.8 Å². The molecule has 0 aliphatic heterocycles. The number of halogens is 1. The molecule has 1 fully saturated rings. The average molecular weight is 326 g/mol. The molecule has 5 nitrogen and oxygen atoms in total. The molecule has 1 aromatic rings. The van der Waals surface area contributed by atoms with Crippen molar-refractivity contribution >= 4 is 24.2 Å². The summed E-state index contributed by atoms with van der Waals surface area (Å²) >= 11 is 0. The molecular weight excluding hydrogens is 302 g/mol. The quantitative estimate of drug-likeness (QED) is 0.770. The fourth-order valence-electron chi connectivity index (χ4n) is 2.94. The van der Waals surface area contributed by atoms with Gasteiger partial charge in [-0.2, -0.15) is 0 Å². The maximum absolute atomic E-state index is 12.3. The van der Waals surface area contributed by atoms with Crippen molar-refractivity contribution in [3.8, 4) is 0 Å². The minimum atomic E-state index is -0.496. The molecule has 0 heterocycles. The lowest BCUT2D eigenvalue weighted by molar-refractivity contribution is 0.0914. The summed E-state index contributed by atoms with van der Waals surface area (Å²) in [4.78, 5) is 23.3. The summed E-state index contributed by atoms with van der Waals surface area (Å²) in [7, 11) is 0. The Morgan fingerprint density at radius 1 is 1.09 bits per heavy atom. The number of nitrogens with two attached hydrogens (primary N) is 2. The van der Waals surface area contributed by atoms with Crippen molar-refractivity contribution in [3.05, 3.63) is 35.4 Å². The molecule has 0 aromatic heterocycles. The Bertz CT molecular complexity index is 499. The molecule has 1 unspecified atom stereocenters. The Hall–Kier alpha value is -1.59. The summed E-state index contributed by atoms with van der Waals surface area (Å²) in [6.07, 6.45) is 5.95. The van der Waals surface area contributed by atoms with Gasteiger partial charge in [0.2, 0.25) is 5.91 Å². The fourth-order valence-corrected chi connectivity index (χ4v) is 2.94. The van der Waals surface area contributed by atoms with E-state index < -0.39 is 5.91 Å². The van der Waals surface area contributed by atoms with Gasteiger partial charge in [-0.15, -0.1) is 12.4 Å². The van der Waals surface area contributed by atoms with Gasteiger partial charge in [0.1, 0.15) is 0 Å². The first-order chi connectivity index (χ1) is 10.1. The largest absolute Gasteiger partial charge is 0.366 e. The standard InChI is InChI=1S/C16H23N3O2.ClH/c17-10-14(11-4-2-1-3-5-11)19-16(21)13-8-6-12(7-9-13)15(18)20;/h6-9,11,14H,1-5,10,17H2,(H2,18,20)(H,19,21);1H. The van der Waals surface area contributed by atoms with E-state index in [1.54, 1.807) is 24.3 Å². The Balaban J connectivity index is 0.00000242. The van der Waals surface area contributed by atoms with Crippen LogP contribution in [0.25, 0.3) is 0 Å². The van der Waals surface area contributed by atoms with E-state index in [4.69, 9.17) is 11.5 Å². The number of primary amides is 1. The zero-order chi connectivity index (χ0) is 15.2. The van der Waals surface area contributed by atoms with Gasteiger partial charge in [0.05, 0.1) is 0 Å². The van der Waals surface area contributed by atoms with Gasteiger partial charge in [0.25, 0.3) is 5.91 Å². The third-order valence-electron chi connectivity index (χ3n) is 4.22. The van der Waals surface area contributed by atoms with Crippen molar-refractivity contribution in [2.24, 2.45) is 17.4 Å². The number of amides is 2. The van der Waals surface area contributed by atoms with Gasteiger partial charge in [0, 0.05) is 23.7 Å². The van der Waals surface area contributed by atoms with Crippen LogP contribution in [0.4, 0.5) is 0 Å². The van der Waals surface area contributed by atoms with E-state index in [1.165, 1.54) is 19.3 Å². The monoisotopic (exact) mass is 325 g/mol. The maximum Gasteiger partial charge on any atom is 0.251 e. The van der Waals surface area contributed by atoms with Crippen molar-refractivity contribution in [1.29, 1.82) is 0 Å². The second-order valence-corrected chi connectivity index (χ2v) is 5.66. The molecule has 1 aliphatic rings. The lowest BCUT2D eigenvalue weighted by Gasteiger charge is -2.30. The van der Waals surface area contributed by atoms with Gasteiger partial charge in [-0.3, -0.25) is 9.59 Å². The highest BCUT2D eigenvalue weighted by molar-refractivity contribution is 5.97. The fraction of sp³-hybridized carbons (Fsp3) is 0.500. The second-order valence-electron chi connectivity index (χ2n) is 5.66. The maximum atomic E-state index is 12.3. The predicted octanol–water partition coefficient (Wildman–Crippen LogP) is 1.84. The van der Waals surface area contributed by atoms with Gasteiger partial charge in [0.15, 0.2) is 0 Å². The normalized spacial score (nSPS) is 16.4. The minimum Gasteiger partial charge on any atom is -0.366 e. The Labute approximate surface area is 137 Å². The van der Waals surface area contributed by atoms with Crippen LogP contribution in [0.1, 0.15) is 52.8 Å². The van der Waals surface area contributed by atoms with Crippen molar-refractivity contribution < 1.29 is 9.59 Å². The van der Waals surface area contributed by atoms with Crippen LogP contribution in [0.15, 0.2) is 24.3 Å². The third-order valence-corrected chi connectivity index (χ3v) is 4.22. The molecule has 5 N–H and O–H groups in total. The Kier molecular flexibility index (Phi) is 7.35. The van der Waals surface area contributed by atoms with E-state index in [0.29, 0.717) is 23.6 Å². The topological polar surface area (TPSA) is 98.2 Å². The first-order valence-corrected chi connectivity index (χ1v) is 7.52. The summed E-state index contributed by atoms with van der Waals surface area (Å²) in [5.74, 6) is -0.173. The second kappa shape index (κ2) is 8.76. The first kappa shape index (κ1) is 18.5. The van der Waals surface area contributed by atoms with Crippen LogP contribution in [0.2, 0.25) is 0 Å². The molecule has 2 rings (SSSR count). The van der Waals surface area contributed by atoms with Crippen molar-refractivity contribution in [2.75, 3.05) is 6.54 Å². The molecule has 0 radical (unpaired) electrons. The summed E-state index contributed by atoms with van der Waals surface area (Å²) in [6.45, 7) is 0.454. The summed E-state index contributed by atoms with van der Waals surface area (Å²) in [6, 6.07) is 6.38. The van der Waals surface area contributed by atoms with Gasteiger partial charge in [-0.05, 0) is 43.0 Å². The lowest BCUT2D eigenvalue weighted by atomic mass is 9.84. The van der Waals surface area contributed by atoms with E-state index >= 15 is 0 Å². The number of hydrogen-bond donors (Lipinski definition) is 3. The Morgan fingerprint density at radius 2 is 1.64 bits per heavy atom. The molecule has 0 saturated heterocycles. The molecule has 2 amide bonds. The number of hydrogen-bond acceptors (Lipinski definition) is 3. The third kappa shape index (κ3) is 4.71. The van der Waals surface area contributed by atoms with E-state index in [0.717, 1.165) is 12.8 Å². The summed E-state index contributed by atoms with van der Waals surface area (Å²) < 4.78 is 0. The van der Waals surface area contributed by atoms with Gasteiger partial charge in [-0.1, -0.05) is 19.3 Å². The van der Waals surface area contributed by atoms with Crippen molar-refractivity contribution in [1.82, 2.24) is 5.32 Å². The highest BCUT2D eigenvalue weighted by Gasteiger charge is 2.24. The van der Waals surface area contributed by atoms with Crippen molar-refractivity contribution in [2.45, 2.75) is 38.1 Å². The zero-order valence-electron chi connectivity index (χ0n) is 12.6. The van der Waals surface area contributed by atoms with Crippen LogP contribution in [0, 0.1) is 5.92 Å². The van der Waals surface area contributed by atoms with Gasteiger partial charge < -0.3 is 16.8 Å². The van der Waals surface area contributed by atoms with Crippen LogP contribution in [-0.4, -0.2) is 24.4 Å². The smallest absolute Gasteiger partial charge is 0.251 e. The van der Waals surface area contributed by atoms with Crippen LogP contribution in [0.3, 0.4) is 0 Å². The zero-order valence-corrected chi connectivity index (χ0v) is 13.4. The molecule has 0 bridgehead atoms. The SMILES string of the molecule is Cl.NCC(NC(=O)c1ccc(C(N)=O)cc1)C1CCCCC1. The van der Waals surface area contributed by atoms with Crippen LogP contribution in [0.5, 0.6) is 0 Å². The highest BCUT2D eigenvalue weighted by atomic mass is 35.5. The van der Waals surface area contributed by atoms with Gasteiger partial charge >= 0.3 is 0 Å². The van der Waals surface area contributed by atoms with Gasteiger partial charge in [-0.25, -0.2) is 0 Å². The van der Waals surface area contributed by atoms with Crippen LogP contribution >= 0.6 is 12.4 Å². The molecule has 6 heteroatoms. The van der Waals surface area contributed by atoms with E-state index in [2.05, 4.69) is 5.32 Å². The molecule has 1 aliphatic carbocycles. The molecule has 1 saturated carbocycles. The number of carbonyl (C=O) groups is 2. The number of benzene rings is 1. The van der Waals surface area contributed by atoms with E-state index in [-0.39, 0.29) is 24.4 Å². The Morgan fingerprint density at radius 3 is 2.14 bits per heavy atom. The number of nitrogens with one attached hydrogen (secondary N) is 1. The molecule has 22 heavy (non-hydrogen) atoms. The minimum absolute atomic E-state index is 0. The molecule has 122 valence electrons. The first-order valence-electron chi connectivity index (χ1n) is 7.52. The molecular formula is C16H24ClN3O2. The van der Waals surface area contributed by atoms with Crippen molar-refractivity contribution in [3.63, 3.8) is 0 Å². The van der Waals surface area contributed by atoms with E-state index in [1.807, 2.05) is 0 Å². The molecule has 0 spiro atoms. The molecule has 1 aromatic carbocycles.